The monoisotopic (exact) mass is 255 g/mol. The van der Waals surface area contributed by atoms with Crippen molar-refractivity contribution in [2.45, 2.75) is 39.0 Å². The first-order valence-corrected chi connectivity index (χ1v) is 7.14. The van der Waals surface area contributed by atoms with E-state index in [-0.39, 0.29) is 0 Å². The molecule has 3 heteroatoms. The van der Waals surface area contributed by atoms with Crippen LogP contribution in [0, 0.1) is 6.92 Å². The van der Waals surface area contributed by atoms with Gasteiger partial charge in [-0.25, -0.2) is 4.98 Å². The van der Waals surface area contributed by atoms with E-state index >= 15 is 0 Å². The highest BCUT2D eigenvalue weighted by Gasteiger charge is 2.16. The summed E-state index contributed by atoms with van der Waals surface area (Å²) in [6.45, 7) is 2.88. The quantitative estimate of drug-likeness (QED) is 0.916. The third kappa shape index (κ3) is 2.30. The summed E-state index contributed by atoms with van der Waals surface area (Å²) < 4.78 is 2.27. The van der Waals surface area contributed by atoms with E-state index in [9.17, 15) is 0 Å². The van der Waals surface area contributed by atoms with Gasteiger partial charge >= 0.3 is 0 Å². The van der Waals surface area contributed by atoms with Gasteiger partial charge in [-0.2, -0.15) is 0 Å². The van der Waals surface area contributed by atoms with E-state index in [1.54, 1.807) is 0 Å². The van der Waals surface area contributed by atoms with Crippen LogP contribution in [0.15, 0.2) is 24.5 Å². The fourth-order valence-electron chi connectivity index (χ4n) is 2.99. The summed E-state index contributed by atoms with van der Waals surface area (Å²) >= 11 is 0. The maximum atomic E-state index is 5.62. The Hall–Kier alpha value is -1.61. The highest BCUT2D eigenvalue weighted by molar-refractivity contribution is 5.45. The third-order valence-corrected chi connectivity index (χ3v) is 3.98. The summed E-state index contributed by atoms with van der Waals surface area (Å²) in [4.78, 5) is 4.58. The number of rotatable bonds is 3. The summed E-state index contributed by atoms with van der Waals surface area (Å²) in [6.07, 6.45) is 7.78. The Kier molecular flexibility index (Phi) is 3.38. The summed E-state index contributed by atoms with van der Waals surface area (Å²) in [6, 6.07) is 6.64. The molecule has 0 bridgehead atoms. The van der Waals surface area contributed by atoms with E-state index in [2.05, 4.69) is 34.7 Å². The van der Waals surface area contributed by atoms with E-state index in [1.165, 1.54) is 41.0 Å². The van der Waals surface area contributed by atoms with Gasteiger partial charge in [0, 0.05) is 11.4 Å². The molecule has 2 N–H and O–H groups in total. The molecule has 19 heavy (non-hydrogen) atoms. The van der Waals surface area contributed by atoms with Crippen LogP contribution < -0.4 is 5.73 Å². The molecule has 0 atom stereocenters. The molecular formula is C16H21N3. The Morgan fingerprint density at radius 3 is 2.89 bits per heavy atom. The number of imidazole rings is 1. The number of nitrogens with two attached hydrogens (primary N) is 1. The lowest BCUT2D eigenvalue weighted by molar-refractivity contribution is 0.655. The van der Waals surface area contributed by atoms with Crippen LogP contribution in [0.2, 0.25) is 0 Å². The lowest BCUT2D eigenvalue weighted by atomic mass is 10.0. The summed E-state index contributed by atoms with van der Waals surface area (Å²) in [5, 5.41) is 0. The highest BCUT2D eigenvalue weighted by atomic mass is 15.1. The van der Waals surface area contributed by atoms with Gasteiger partial charge in [-0.15, -0.1) is 0 Å². The van der Waals surface area contributed by atoms with E-state index in [1.807, 2.05) is 6.33 Å². The van der Waals surface area contributed by atoms with Crippen LogP contribution in [-0.2, 0) is 19.3 Å². The molecule has 1 aromatic heterocycles. The Bertz CT molecular complexity index is 584. The van der Waals surface area contributed by atoms with Crippen molar-refractivity contribution >= 4 is 0 Å². The van der Waals surface area contributed by atoms with Crippen molar-refractivity contribution in [3.05, 3.63) is 47.0 Å². The summed E-state index contributed by atoms with van der Waals surface area (Å²) in [5.41, 5.74) is 12.2. The average molecular weight is 255 g/mol. The van der Waals surface area contributed by atoms with Gasteiger partial charge < -0.3 is 10.3 Å². The van der Waals surface area contributed by atoms with Gasteiger partial charge in [0.05, 0.1) is 12.0 Å². The van der Waals surface area contributed by atoms with Crippen molar-refractivity contribution in [2.24, 2.45) is 5.73 Å². The first-order chi connectivity index (χ1) is 9.29. The maximum absolute atomic E-state index is 5.62. The predicted octanol–water partition coefficient (Wildman–Crippen LogP) is 2.56. The molecule has 1 heterocycles. The number of aromatic nitrogens is 2. The van der Waals surface area contributed by atoms with Gasteiger partial charge in [0.25, 0.3) is 0 Å². The molecule has 0 spiro atoms. The molecule has 1 aliphatic rings. The maximum Gasteiger partial charge on any atom is 0.0997 e. The van der Waals surface area contributed by atoms with Crippen LogP contribution in [0.3, 0.4) is 0 Å². The van der Waals surface area contributed by atoms with Gasteiger partial charge in [-0.3, -0.25) is 0 Å². The fraction of sp³-hybridized carbons (Fsp3) is 0.438. The standard InChI is InChI=1S/C16H21N3/c1-12-10-13(8-9-17)6-7-15(12)19-11-18-14-4-2-3-5-16(14)19/h6-7,10-11H,2-5,8-9,17H2,1H3. The van der Waals surface area contributed by atoms with Crippen molar-refractivity contribution < 1.29 is 0 Å². The second-order valence-electron chi connectivity index (χ2n) is 5.37. The summed E-state index contributed by atoms with van der Waals surface area (Å²) in [5.74, 6) is 0. The Morgan fingerprint density at radius 2 is 2.11 bits per heavy atom. The van der Waals surface area contributed by atoms with Crippen molar-refractivity contribution in [1.29, 1.82) is 0 Å². The first-order valence-electron chi connectivity index (χ1n) is 7.14. The largest absolute Gasteiger partial charge is 0.330 e. The van der Waals surface area contributed by atoms with E-state index < -0.39 is 0 Å². The molecule has 0 amide bonds. The number of nitrogens with zero attached hydrogens (tertiary/aromatic N) is 2. The van der Waals surface area contributed by atoms with Gasteiger partial charge in [-0.05, 0) is 62.8 Å². The topological polar surface area (TPSA) is 43.8 Å². The average Bonchev–Trinajstić information content (AvgIpc) is 2.83. The molecule has 0 radical (unpaired) electrons. The van der Waals surface area contributed by atoms with Crippen molar-refractivity contribution in [3.63, 3.8) is 0 Å². The molecule has 0 unspecified atom stereocenters. The minimum absolute atomic E-state index is 0.708. The van der Waals surface area contributed by atoms with Crippen LogP contribution in [0.25, 0.3) is 5.69 Å². The number of hydrogen-bond acceptors (Lipinski definition) is 2. The van der Waals surface area contributed by atoms with E-state index in [4.69, 9.17) is 5.73 Å². The normalized spacial score (nSPS) is 14.4. The van der Waals surface area contributed by atoms with Crippen molar-refractivity contribution in [1.82, 2.24) is 9.55 Å². The van der Waals surface area contributed by atoms with Gasteiger partial charge in [0.15, 0.2) is 0 Å². The van der Waals surface area contributed by atoms with Gasteiger partial charge in [-0.1, -0.05) is 12.1 Å². The first kappa shape index (κ1) is 12.4. The zero-order valence-electron chi connectivity index (χ0n) is 11.5. The predicted molar refractivity (Wildman–Crippen MR) is 77.7 cm³/mol. The smallest absolute Gasteiger partial charge is 0.0997 e. The number of aryl methyl sites for hydroxylation is 2. The number of fused-ring (bicyclic) bond motifs is 1. The Morgan fingerprint density at radius 1 is 1.26 bits per heavy atom. The zero-order valence-corrected chi connectivity index (χ0v) is 11.5. The zero-order chi connectivity index (χ0) is 13.2. The molecule has 100 valence electrons. The second-order valence-corrected chi connectivity index (χ2v) is 5.37. The molecule has 0 fully saturated rings. The molecule has 3 rings (SSSR count). The SMILES string of the molecule is Cc1cc(CCN)ccc1-n1cnc2c1CCCC2. The summed E-state index contributed by atoms with van der Waals surface area (Å²) in [7, 11) is 0. The third-order valence-electron chi connectivity index (χ3n) is 3.98. The Labute approximate surface area is 114 Å². The molecule has 1 aromatic carbocycles. The molecular weight excluding hydrogens is 234 g/mol. The molecule has 0 aliphatic heterocycles. The van der Waals surface area contributed by atoms with E-state index in [0.717, 1.165) is 19.3 Å². The van der Waals surface area contributed by atoms with Crippen LogP contribution in [0.5, 0.6) is 0 Å². The van der Waals surface area contributed by atoms with Gasteiger partial charge in [0.1, 0.15) is 0 Å². The van der Waals surface area contributed by atoms with Crippen LogP contribution >= 0.6 is 0 Å². The minimum atomic E-state index is 0.708. The molecule has 3 nitrogen and oxygen atoms in total. The van der Waals surface area contributed by atoms with Crippen molar-refractivity contribution in [3.8, 4) is 5.69 Å². The van der Waals surface area contributed by atoms with Crippen LogP contribution in [0.4, 0.5) is 0 Å². The molecule has 2 aromatic rings. The molecule has 0 saturated carbocycles. The van der Waals surface area contributed by atoms with Crippen molar-refractivity contribution in [2.75, 3.05) is 6.54 Å². The minimum Gasteiger partial charge on any atom is -0.330 e. The Balaban J connectivity index is 2.00. The van der Waals surface area contributed by atoms with Gasteiger partial charge in [0.2, 0.25) is 0 Å². The van der Waals surface area contributed by atoms with E-state index in [0.29, 0.717) is 6.54 Å². The highest BCUT2D eigenvalue weighted by Crippen LogP contribution is 2.25. The molecule has 0 saturated heterocycles. The van der Waals surface area contributed by atoms with Crippen LogP contribution in [0.1, 0.15) is 35.4 Å². The number of hydrogen-bond donors (Lipinski definition) is 1. The fourth-order valence-corrected chi connectivity index (χ4v) is 2.99. The van der Waals surface area contributed by atoms with Crippen LogP contribution in [-0.4, -0.2) is 16.1 Å². The lowest BCUT2D eigenvalue weighted by Gasteiger charge is -2.16. The lowest BCUT2D eigenvalue weighted by Crippen LogP contribution is -2.08. The number of benzene rings is 1. The molecule has 1 aliphatic carbocycles. The second kappa shape index (κ2) is 5.17.